The molecular formula is C21H32N2O2. The molecule has 2 aliphatic heterocycles. The lowest BCUT2D eigenvalue weighted by atomic mass is 9.72. The molecule has 4 rings (SSSR count). The summed E-state index contributed by atoms with van der Waals surface area (Å²) in [5.41, 5.74) is 2.60. The van der Waals surface area contributed by atoms with Crippen molar-refractivity contribution in [3.63, 3.8) is 0 Å². The molecule has 1 spiro atoms. The molecule has 2 saturated heterocycles. The fourth-order valence-electron chi connectivity index (χ4n) is 5.46. The van der Waals surface area contributed by atoms with Crippen molar-refractivity contribution in [2.24, 2.45) is 0 Å². The Hall–Kier alpha value is -0.940. The van der Waals surface area contributed by atoms with Gasteiger partial charge in [-0.05, 0) is 49.9 Å². The highest BCUT2D eigenvalue weighted by atomic mass is 16.5. The summed E-state index contributed by atoms with van der Waals surface area (Å²) in [4.78, 5) is 2.51. The number of piperidine rings is 1. The normalized spacial score (nSPS) is 31.2. The molecule has 0 aromatic heterocycles. The maximum Gasteiger partial charge on any atom is 0.0834 e. The summed E-state index contributed by atoms with van der Waals surface area (Å²) in [6, 6.07) is 8.88. The van der Waals surface area contributed by atoms with Crippen LogP contribution < -0.4 is 5.32 Å². The molecule has 0 bridgehead atoms. The van der Waals surface area contributed by atoms with E-state index in [1.807, 2.05) is 0 Å². The third-order valence-corrected chi connectivity index (χ3v) is 7.14. The number of aliphatic hydroxyl groups is 1. The van der Waals surface area contributed by atoms with Crippen LogP contribution in [0.15, 0.2) is 24.3 Å². The molecule has 4 heteroatoms. The summed E-state index contributed by atoms with van der Waals surface area (Å²) in [6.07, 6.45) is 3.78. The number of nitrogens with one attached hydrogen (secondary N) is 1. The van der Waals surface area contributed by atoms with Gasteiger partial charge in [0.25, 0.3) is 0 Å². The molecule has 25 heavy (non-hydrogen) atoms. The Labute approximate surface area is 151 Å². The topological polar surface area (TPSA) is 44.7 Å². The Morgan fingerprint density at radius 3 is 2.64 bits per heavy atom. The Kier molecular flexibility index (Phi) is 4.65. The van der Waals surface area contributed by atoms with Crippen LogP contribution in [-0.2, 0) is 10.2 Å². The number of benzene rings is 1. The molecule has 0 unspecified atom stereocenters. The van der Waals surface area contributed by atoms with E-state index in [1.54, 1.807) is 0 Å². The lowest BCUT2D eigenvalue weighted by Gasteiger charge is -2.46. The lowest BCUT2D eigenvalue weighted by Crippen LogP contribution is -2.55. The molecule has 2 atom stereocenters. The Morgan fingerprint density at radius 1 is 1.20 bits per heavy atom. The van der Waals surface area contributed by atoms with Crippen LogP contribution in [0.1, 0.15) is 56.7 Å². The molecule has 0 radical (unpaired) electrons. The van der Waals surface area contributed by atoms with Gasteiger partial charge in [-0.15, -0.1) is 0 Å². The molecule has 1 aliphatic carbocycles. The van der Waals surface area contributed by atoms with Gasteiger partial charge in [-0.1, -0.05) is 38.1 Å². The van der Waals surface area contributed by atoms with E-state index in [1.165, 1.54) is 11.1 Å². The minimum Gasteiger partial charge on any atom is -0.390 e. The van der Waals surface area contributed by atoms with Gasteiger partial charge in [-0.25, -0.2) is 0 Å². The average molecular weight is 344 g/mol. The number of morpholine rings is 1. The number of rotatable bonds is 3. The first kappa shape index (κ1) is 17.5. The second kappa shape index (κ2) is 6.66. The van der Waals surface area contributed by atoms with Crippen LogP contribution in [0.3, 0.4) is 0 Å². The second-order valence-electron chi connectivity index (χ2n) is 8.09. The van der Waals surface area contributed by atoms with E-state index < -0.39 is 0 Å². The summed E-state index contributed by atoms with van der Waals surface area (Å²) in [5.74, 6) is 0. The van der Waals surface area contributed by atoms with Crippen LogP contribution in [0.25, 0.3) is 0 Å². The van der Waals surface area contributed by atoms with E-state index in [4.69, 9.17) is 4.74 Å². The monoisotopic (exact) mass is 344 g/mol. The molecule has 138 valence electrons. The van der Waals surface area contributed by atoms with Gasteiger partial charge < -0.3 is 15.2 Å². The maximum absolute atomic E-state index is 11.5. The lowest BCUT2D eigenvalue weighted by molar-refractivity contribution is -0.136. The zero-order valence-electron chi connectivity index (χ0n) is 15.6. The summed E-state index contributed by atoms with van der Waals surface area (Å²) < 4.78 is 6.18. The highest BCUT2D eigenvalue weighted by molar-refractivity contribution is 5.45. The third-order valence-electron chi connectivity index (χ3n) is 7.14. The smallest absolute Gasteiger partial charge is 0.0834 e. The summed E-state index contributed by atoms with van der Waals surface area (Å²) in [6.45, 7) is 9.03. The number of ether oxygens (including phenoxy) is 1. The molecule has 2 N–H and O–H groups in total. The van der Waals surface area contributed by atoms with E-state index in [0.717, 1.165) is 58.5 Å². The first-order chi connectivity index (χ1) is 12.2. The van der Waals surface area contributed by atoms with Gasteiger partial charge in [0.05, 0.1) is 24.4 Å². The maximum atomic E-state index is 11.5. The fraction of sp³-hybridized carbons (Fsp3) is 0.714. The van der Waals surface area contributed by atoms with Crippen LogP contribution in [0.2, 0.25) is 0 Å². The van der Waals surface area contributed by atoms with Crippen molar-refractivity contribution in [2.45, 2.75) is 62.7 Å². The zero-order chi connectivity index (χ0) is 17.5. The van der Waals surface area contributed by atoms with E-state index in [0.29, 0.717) is 0 Å². The van der Waals surface area contributed by atoms with Gasteiger partial charge in [0.1, 0.15) is 0 Å². The van der Waals surface area contributed by atoms with Gasteiger partial charge in [0.15, 0.2) is 0 Å². The SMILES string of the molecule is CCC1(CC)CN([C@@H]2c3ccccc3C3(CCNCC3)[C@H]2O)CCO1. The first-order valence-electron chi connectivity index (χ1n) is 10.0. The number of nitrogens with zero attached hydrogens (tertiary/aromatic N) is 1. The molecule has 1 aromatic carbocycles. The van der Waals surface area contributed by atoms with E-state index in [9.17, 15) is 5.11 Å². The van der Waals surface area contributed by atoms with E-state index in [-0.39, 0.29) is 23.2 Å². The Morgan fingerprint density at radius 2 is 1.92 bits per heavy atom. The number of hydrogen-bond acceptors (Lipinski definition) is 4. The average Bonchev–Trinajstić information content (AvgIpc) is 2.91. The van der Waals surface area contributed by atoms with Gasteiger partial charge in [0, 0.05) is 18.5 Å². The van der Waals surface area contributed by atoms with Gasteiger partial charge in [0.2, 0.25) is 0 Å². The fourth-order valence-corrected chi connectivity index (χ4v) is 5.46. The van der Waals surface area contributed by atoms with Crippen LogP contribution in [0, 0.1) is 0 Å². The van der Waals surface area contributed by atoms with Crippen LogP contribution in [0.5, 0.6) is 0 Å². The Bertz CT molecular complexity index is 608. The van der Waals surface area contributed by atoms with E-state index >= 15 is 0 Å². The summed E-state index contributed by atoms with van der Waals surface area (Å²) >= 11 is 0. The molecule has 2 fully saturated rings. The van der Waals surface area contributed by atoms with Crippen molar-refractivity contribution in [3.8, 4) is 0 Å². The van der Waals surface area contributed by atoms with Crippen LogP contribution >= 0.6 is 0 Å². The molecule has 0 amide bonds. The van der Waals surface area contributed by atoms with Gasteiger partial charge in [-0.2, -0.15) is 0 Å². The van der Waals surface area contributed by atoms with Crippen LogP contribution in [-0.4, -0.2) is 54.5 Å². The standard InChI is InChI=1S/C21H32N2O2/c1-3-20(4-2)15-23(13-14-25-20)18-16-7-5-6-8-17(16)21(19(18)24)9-11-22-12-10-21/h5-8,18-19,22,24H,3-4,9-15H2,1-2H3/t18-,19+/m1/s1. The number of fused-ring (bicyclic) bond motifs is 2. The Balaban J connectivity index is 1.70. The molecule has 1 aromatic rings. The largest absolute Gasteiger partial charge is 0.390 e. The zero-order valence-corrected chi connectivity index (χ0v) is 15.6. The van der Waals surface area contributed by atoms with Crippen molar-refractivity contribution >= 4 is 0 Å². The first-order valence-corrected chi connectivity index (χ1v) is 10.0. The van der Waals surface area contributed by atoms with Gasteiger partial charge >= 0.3 is 0 Å². The third kappa shape index (κ3) is 2.66. The number of aliphatic hydroxyl groups excluding tert-OH is 1. The molecule has 4 nitrogen and oxygen atoms in total. The second-order valence-corrected chi connectivity index (χ2v) is 8.09. The molecule has 3 aliphatic rings. The minimum atomic E-state index is -0.323. The quantitative estimate of drug-likeness (QED) is 0.885. The summed E-state index contributed by atoms with van der Waals surface area (Å²) in [5, 5.41) is 15.0. The van der Waals surface area contributed by atoms with E-state index in [2.05, 4.69) is 48.3 Å². The highest BCUT2D eigenvalue weighted by Crippen LogP contribution is 2.52. The van der Waals surface area contributed by atoms with Crippen molar-refractivity contribution in [1.82, 2.24) is 10.2 Å². The van der Waals surface area contributed by atoms with Crippen molar-refractivity contribution in [3.05, 3.63) is 35.4 Å². The van der Waals surface area contributed by atoms with Crippen molar-refractivity contribution < 1.29 is 9.84 Å². The highest BCUT2D eigenvalue weighted by Gasteiger charge is 2.54. The van der Waals surface area contributed by atoms with Crippen molar-refractivity contribution in [1.29, 1.82) is 0 Å². The molecule has 0 saturated carbocycles. The van der Waals surface area contributed by atoms with Crippen molar-refractivity contribution in [2.75, 3.05) is 32.8 Å². The predicted octanol–water partition coefficient (Wildman–Crippen LogP) is 2.61. The van der Waals surface area contributed by atoms with Crippen LogP contribution in [0.4, 0.5) is 0 Å². The van der Waals surface area contributed by atoms with Gasteiger partial charge in [-0.3, -0.25) is 4.90 Å². The number of hydrogen-bond donors (Lipinski definition) is 2. The predicted molar refractivity (Wildman–Crippen MR) is 99.8 cm³/mol. The minimum absolute atomic E-state index is 0.0587. The molecular weight excluding hydrogens is 312 g/mol. The summed E-state index contributed by atoms with van der Waals surface area (Å²) in [7, 11) is 0. The molecule has 2 heterocycles.